The van der Waals surface area contributed by atoms with Gasteiger partial charge in [-0.15, -0.1) is 0 Å². The summed E-state index contributed by atoms with van der Waals surface area (Å²) >= 11 is 0. The summed E-state index contributed by atoms with van der Waals surface area (Å²) in [4.78, 5) is 0. The Labute approximate surface area is 121 Å². The van der Waals surface area contributed by atoms with Crippen LogP contribution < -0.4 is 5.32 Å². The van der Waals surface area contributed by atoms with E-state index in [9.17, 15) is 5.11 Å². The SMILES string of the molecule is CC(C)c1ccc(CNC(CO)c2ccccc2)cc1. The van der Waals surface area contributed by atoms with Gasteiger partial charge < -0.3 is 10.4 Å². The standard InChI is InChI=1S/C18H23NO/c1-14(2)16-10-8-15(9-11-16)12-19-18(13-20)17-6-4-3-5-7-17/h3-11,14,18-20H,12-13H2,1-2H3. The van der Waals surface area contributed by atoms with Gasteiger partial charge in [0.25, 0.3) is 0 Å². The van der Waals surface area contributed by atoms with Crippen LogP contribution in [0, 0.1) is 0 Å². The van der Waals surface area contributed by atoms with E-state index in [1.54, 1.807) is 0 Å². The van der Waals surface area contributed by atoms with Crippen LogP contribution in [-0.2, 0) is 6.54 Å². The van der Waals surface area contributed by atoms with Crippen molar-refractivity contribution in [1.82, 2.24) is 5.32 Å². The predicted octanol–water partition coefficient (Wildman–Crippen LogP) is 3.63. The van der Waals surface area contributed by atoms with Gasteiger partial charge in [0.05, 0.1) is 12.6 Å². The molecular formula is C18H23NO. The molecule has 2 rings (SSSR count). The first-order valence-electron chi connectivity index (χ1n) is 7.18. The molecule has 2 N–H and O–H groups in total. The van der Waals surface area contributed by atoms with Crippen molar-refractivity contribution in [2.75, 3.05) is 6.61 Å². The van der Waals surface area contributed by atoms with Crippen molar-refractivity contribution in [3.63, 3.8) is 0 Å². The fourth-order valence-electron chi connectivity index (χ4n) is 2.23. The molecule has 20 heavy (non-hydrogen) atoms. The minimum atomic E-state index is -0.0130. The van der Waals surface area contributed by atoms with Gasteiger partial charge in [-0.3, -0.25) is 0 Å². The van der Waals surface area contributed by atoms with Crippen LogP contribution in [0.1, 0.15) is 42.5 Å². The Kier molecular flexibility index (Phi) is 5.33. The average molecular weight is 269 g/mol. The van der Waals surface area contributed by atoms with Crippen molar-refractivity contribution < 1.29 is 5.11 Å². The van der Waals surface area contributed by atoms with E-state index < -0.39 is 0 Å². The van der Waals surface area contributed by atoms with E-state index in [1.165, 1.54) is 11.1 Å². The van der Waals surface area contributed by atoms with Crippen LogP contribution in [0.2, 0.25) is 0 Å². The molecule has 0 saturated heterocycles. The fourth-order valence-corrected chi connectivity index (χ4v) is 2.23. The van der Waals surface area contributed by atoms with Crippen LogP contribution in [0.4, 0.5) is 0 Å². The monoisotopic (exact) mass is 269 g/mol. The number of rotatable bonds is 6. The molecule has 0 bridgehead atoms. The zero-order valence-corrected chi connectivity index (χ0v) is 12.2. The number of aliphatic hydroxyl groups excluding tert-OH is 1. The zero-order chi connectivity index (χ0) is 14.4. The van der Waals surface area contributed by atoms with Gasteiger partial charge >= 0.3 is 0 Å². The number of hydrogen-bond donors (Lipinski definition) is 2. The lowest BCUT2D eigenvalue weighted by atomic mass is 10.0. The molecule has 2 heteroatoms. The van der Waals surface area contributed by atoms with Crippen molar-refractivity contribution in [3.05, 3.63) is 71.3 Å². The second kappa shape index (κ2) is 7.22. The molecule has 0 fully saturated rings. The normalized spacial score (nSPS) is 12.6. The lowest BCUT2D eigenvalue weighted by Gasteiger charge is -2.17. The first-order chi connectivity index (χ1) is 9.70. The van der Waals surface area contributed by atoms with E-state index in [-0.39, 0.29) is 12.6 Å². The van der Waals surface area contributed by atoms with Gasteiger partial charge in [0.1, 0.15) is 0 Å². The summed E-state index contributed by atoms with van der Waals surface area (Å²) in [7, 11) is 0. The Bertz CT molecular complexity index is 505. The number of aliphatic hydroxyl groups is 1. The molecule has 2 aromatic rings. The van der Waals surface area contributed by atoms with Crippen molar-refractivity contribution in [1.29, 1.82) is 0 Å². The largest absolute Gasteiger partial charge is 0.394 e. The molecule has 0 radical (unpaired) electrons. The van der Waals surface area contributed by atoms with Crippen LogP contribution in [0.25, 0.3) is 0 Å². The molecule has 0 saturated carbocycles. The molecule has 0 heterocycles. The summed E-state index contributed by atoms with van der Waals surface area (Å²) in [5, 5.41) is 12.9. The Hall–Kier alpha value is -1.64. The van der Waals surface area contributed by atoms with Crippen molar-refractivity contribution >= 4 is 0 Å². The molecule has 106 valence electrons. The van der Waals surface area contributed by atoms with E-state index in [1.807, 2.05) is 30.3 Å². The van der Waals surface area contributed by atoms with Gasteiger partial charge in [0.2, 0.25) is 0 Å². The topological polar surface area (TPSA) is 32.3 Å². The van der Waals surface area contributed by atoms with E-state index in [0.29, 0.717) is 5.92 Å². The van der Waals surface area contributed by atoms with Crippen LogP contribution in [0.3, 0.4) is 0 Å². The summed E-state index contributed by atoms with van der Waals surface area (Å²) in [6.45, 7) is 5.27. The third kappa shape index (κ3) is 3.92. The lowest BCUT2D eigenvalue weighted by molar-refractivity contribution is 0.243. The molecule has 1 atom stereocenters. The van der Waals surface area contributed by atoms with Gasteiger partial charge in [0, 0.05) is 6.54 Å². The zero-order valence-electron chi connectivity index (χ0n) is 12.2. The Morgan fingerprint density at radius 1 is 0.900 bits per heavy atom. The second-order valence-electron chi connectivity index (χ2n) is 5.42. The first-order valence-corrected chi connectivity index (χ1v) is 7.18. The minimum Gasteiger partial charge on any atom is -0.394 e. The van der Waals surface area contributed by atoms with Gasteiger partial charge in [0.15, 0.2) is 0 Å². The molecule has 0 spiro atoms. The van der Waals surface area contributed by atoms with E-state index in [0.717, 1.165) is 12.1 Å². The third-order valence-electron chi connectivity index (χ3n) is 3.58. The second-order valence-corrected chi connectivity index (χ2v) is 5.42. The summed E-state index contributed by atoms with van der Waals surface area (Å²) in [6, 6.07) is 18.7. The van der Waals surface area contributed by atoms with Gasteiger partial charge in [-0.05, 0) is 22.6 Å². The Balaban J connectivity index is 1.96. The summed E-state index contributed by atoms with van der Waals surface area (Å²) in [5.74, 6) is 0.562. The number of hydrogen-bond acceptors (Lipinski definition) is 2. The Morgan fingerprint density at radius 3 is 2.10 bits per heavy atom. The molecule has 1 unspecified atom stereocenters. The minimum absolute atomic E-state index is 0.0130. The fraction of sp³-hybridized carbons (Fsp3) is 0.333. The maximum absolute atomic E-state index is 9.51. The molecule has 0 amide bonds. The highest BCUT2D eigenvalue weighted by Crippen LogP contribution is 2.16. The highest BCUT2D eigenvalue weighted by molar-refractivity contribution is 5.25. The summed E-state index contributed by atoms with van der Waals surface area (Å²) in [6.07, 6.45) is 0. The third-order valence-corrected chi connectivity index (χ3v) is 3.58. The van der Waals surface area contributed by atoms with E-state index in [2.05, 4.69) is 43.4 Å². The number of nitrogens with one attached hydrogen (secondary N) is 1. The first kappa shape index (κ1) is 14.8. The van der Waals surface area contributed by atoms with Crippen LogP contribution in [-0.4, -0.2) is 11.7 Å². The molecule has 2 nitrogen and oxygen atoms in total. The summed E-state index contributed by atoms with van der Waals surface area (Å²) in [5.41, 5.74) is 3.72. The van der Waals surface area contributed by atoms with Gasteiger partial charge in [-0.25, -0.2) is 0 Å². The van der Waals surface area contributed by atoms with E-state index in [4.69, 9.17) is 0 Å². The molecule has 0 aliphatic carbocycles. The van der Waals surface area contributed by atoms with Gasteiger partial charge in [-0.1, -0.05) is 68.4 Å². The van der Waals surface area contributed by atoms with Crippen LogP contribution >= 0.6 is 0 Å². The summed E-state index contributed by atoms with van der Waals surface area (Å²) < 4.78 is 0. The maximum atomic E-state index is 9.51. The average Bonchev–Trinajstić information content (AvgIpc) is 2.49. The van der Waals surface area contributed by atoms with Crippen LogP contribution in [0.5, 0.6) is 0 Å². The lowest BCUT2D eigenvalue weighted by Crippen LogP contribution is -2.23. The van der Waals surface area contributed by atoms with Crippen molar-refractivity contribution in [2.24, 2.45) is 0 Å². The molecular weight excluding hydrogens is 246 g/mol. The van der Waals surface area contributed by atoms with Crippen molar-refractivity contribution in [2.45, 2.75) is 32.4 Å². The molecule has 0 aromatic heterocycles. The smallest absolute Gasteiger partial charge is 0.0626 e. The van der Waals surface area contributed by atoms with Crippen molar-refractivity contribution in [3.8, 4) is 0 Å². The van der Waals surface area contributed by atoms with Crippen LogP contribution in [0.15, 0.2) is 54.6 Å². The highest BCUT2D eigenvalue weighted by atomic mass is 16.3. The Morgan fingerprint density at radius 2 is 1.55 bits per heavy atom. The number of benzene rings is 2. The van der Waals surface area contributed by atoms with E-state index >= 15 is 0 Å². The molecule has 0 aliphatic rings. The van der Waals surface area contributed by atoms with Gasteiger partial charge in [-0.2, -0.15) is 0 Å². The highest BCUT2D eigenvalue weighted by Gasteiger charge is 2.09. The molecule has 2 aromatic carbocycles. The predicted molar refractivity (Wildman–Crippen MR) is 83.6 cm³/mol. The quantitative estimate of drug-likeness (QED) is 0.839. The maximum Gasteiger partial charge on any atom is 0.0626 e. The molecule has 0 aliphatic heterocycles.